The Morgan fingerprint density at radius 1 is 1.15 bits per heavy atom. The van der Waals surface area contributed by atoms with Crippen molar-refractivity contribution in [3.8, 4) is 0 Å². The van der Waals surface area contributed by atoms with Gasteiger partial charge in [-0.3, -0.25) is 14.5 Å². The highest BCUT2D eigenvalue weighted by atomic mass is 35.5. The number of nitrogens with one attached hydrogen (secondary N) is 1. The van der Waals surface area contributed by atoms with Crippen LogP contribution in [0.4, 0.5) is 0 Å². The van der Waals surface area contributed by atoms with Crippen molar-refractivity contribution >= 4 is 82.2 Å². The first-order valence-corrected chi connectivity index (χ1v) is 15.1. The lowest BCUT2D eigenvalue weighted by atomic mass is 10.0. The third-order valence-electron chi connectivity index (χ3n) is 5.87. The molecule has 2 aliphatic heterocycles. The average Bonchev–Trinajstić information content (AvgIpc) is 2.91. The van der Waals surface area contributed by atoms with Crippen LogP contribution < -0.4 is 9.88 Å². The van der Waals surface area contributed by atoms with Crippen LogP contribution in [0.5, 0.6) is 0 Å². The number of aliphatic hydroxyl groups is 1. The maximum Gasteiger partial charge on any atom is 0.375 e. The van der Waals surface area contributed by atoms with Gasteiger partial charge in [-0.25, -0.2) is 9.59 Å². The van der Waals surface area contributed by atoms with Crippen LogP contribution in [0.15, 0.2) is 63.8 Å². The number of carbonyl (C=O) groups excluding carboxylic acids is 2. The molecule has 0 unspecified atom stereocenters. The molecule has 39 heavy (non-hydrogen) atoms. The summed E-state index contributed by atoms with van der Waals surface area (Å²) in [5, 5.41) is 31.4. The number of benzene rings is 1. The summed E-state index contributed by atoms with van der Waals surface area (Å²) in [6, 6.07) is 6.33. The number of carboxylic acid groups (broad SMARTS) is 2. The smallest absolute Gasteiger partial charge is 0.375 e. The van der Waals surface area contributed by atoms with Gasteiger partial charge in [-0.15, -0.1) is 35.3 Å². The van der Waals surface area contributed by atoms with Gasteiger partial charge in [-0.1, -0.05) is 23.2 Å². The number of hydrogen-bond donors (Lipinski definition) is 4. The predicted molar refractivity (Wildman–Crippen MR) is 148 cm³/mol. The van der Waals surface area contributed by atoms with Crippen molar-refractivity contribution in [3.63, 3.8) is 0 Å². The molecule has 1 saturated heterocycles. The molecule has 1 aromatic carbocycles. The molecule has 4 N–H and O–H groups in total. The van der Waals surface area contributed by atoms with Crippen molar-refractivity contribution in [3.05, 3.63) is 64.0 Å². The molecule has 0 aliphatic carbocycles. The van der Waals surface area contributed by atoms with E-state index in [-0.39, 0.29) is 17.4 Å². The largest absolute Gasteiger partial charge is 0.477 e. The lowest BCUT2D eigenvalue weighted by Gasteiger charge is -2.49. The van der Waals surface area contributed by atoms with Crippen molar-refractivity contribution in [1.82, 2.24) is 10.2 Å². The van der Waals surface area contributed by atoms with Crippen molar-refractivity contribution < 1.29 is 39.1 Å². The number of hydrogen-bond acceptors (Lipinski definition) is 8. The number of fused-ring (bicyclic) bond motifs is 1. The molecule has 3 atom stereocenters. The fraction of sp³-hybridized carbons (Fsp3) is 0.292. The van der Waals surface area contributed by atoms with Gasteiger partial charge in [0.15, 0.2) is 12.4 Å². The second-order valence-corrected chi connectivity index (χ2v) is 12.4. The molecule has 0 radical (unpaired) electrons. The Morgan fingerprint density at radius 3 is 2.51 bits per heavy atom. The molecule has 4 rings (SSSR count). The minimum Gasteiger partial charge on any atom is -0.477 e. The molecule has 15 heteroatoms. The van der Waals surface area contributed by atoms with Gasteiger partial charge in [-0.2, -0.15) is 4.57 Å². The van der Waals surface area contributed by atoms with E-state index in [0.717, 1.165) is 4.90 Å². The summed E-state index contributed by atoms with van der Waals surface area (Å²) >= 11 is 16.0. The highest BCUT2D eigenvalue weighted by Crippen LogP contribution is 2.41. The number of aliphatic hydroxyl groups excluding tert-OH is 1. The van der Waals surface area contributed by atoms with E-state index in [1.165, 1.54) is 57.1 Å². The number of pyridine rings is 1. The van der Waals surface area contributed by atoms with E-state index in [9.17, 15) is 29.4 Å². The molecule has 2 amide bonds. The van der Waals surface area contributed by atoms with Crippen molar-refractivity contribution in [2.75, 3.05) is 23.9 Å². The number of β-lactam (4-membered cyclic amide) rings is 1. The highest BCUT2D eigenvalue weighted by molar-refractivity contribution is 8.01. The molecule has 1 aromatic heterocycles. The number of aromatic nitrogens is 1. The Bertz CT molecular complexity index is 1340. The fourth-order valence-corrected chi connectivity index (χ4v) is 7.61. The number of carbonyl (C=O) groups is 4. The van der Waals surface area contributed by atoms with Gasteiger partial charge in [0, 0.05) is 38.5 Å². The lowest BCUT2D eigenvalue weighted by molar-refractivity contribution is -0.712. The van der Waals surface area contributed by atoms with Gasteiger partial charge in [0.1, 0.15) is 23.7 Å². The summed E-state index contributed by atoms with van der Waals surface area (Å²) in [5.41, 5.74) is 0.479. The molecular weight excluding hydrogens is 609 g/mol. The number of nitrogens with zero attached hydrogens (tertiary/aromatic N) is 2. The normalized spacial score (nSPS) is 19.3. The summed E-state index contributed by atoms with van der Waals surface area (Å²) in [6.07, 6.45) is 3.06. The zero-order valence-corrected chi connectivity index (χ0v) is 23.9. The molecular formula is C24H22Cl2N3O7S3+. The van der Waals surface area contributed by atoms with Crippen LogP contribution in [-0.2, 0) is 19.2 Å². The molecule has 0 bridgehead atoms. The second kappa shape index (κ2) is 12.8. The Labute approximate surface area is 245 Å². The van der Waals surface area contributed by atoms with Crippen LogP contribution in [0.2, 0.25) is 10.0 Å². The first-order valence-electron chi connectivity index (χ1n) is 11.3. The minimum atomic E-state index is -1.22. The van der Waals surface area contributed by atoms with Gasteiger partial charge in [0.05, 0.1) is 10.8 Å². The van der Waals surface area contributed by atoms with Gasteiger partial charge in [-0.05, 0) is 23.8 Å². The van der Waals surface area contributed by atoms with E-state index in [1.54, 1.807) is 30.3 Å². The van der Waals surface area contributed by atoms with E-state index in [4.69, 9.17) is 28.3 Å². The zero-order chi connectivity index (χ0) is 28.3. The van der Waals surface area contributed by atoms with E-state index >= 15 is 0 Å². The van der Waals surface area contributed by atoms with Crippen LogP contribution >= 0.6 is 58.5 Å². The highest BCUT2D eigenvalue weighted by Gasteiger charge is 2.54. The van der Waals surface area contributed by atoms with Gasteiger partial charge < -0.3 is 20.6 Å². The topological polar surface area (TPSA) is 148 Å². The SMILES string of the molecule is O=C(CSc1cc(Cl)ccc1Cl)N[C@@H]1C(=O)N2C(C(=O)O)=C(CSc3cc[n+]([C@@H](CO)C(=O)O)cc3)CS[C@H]12. The summed E-state index contributed by atoms with van der Waals surface area (Å²) < 4.78 is 1.37. The van der Waals surface area contributed by atoms with Crippen molar-refractivity contribution in [2.45, 2.75) is 27.2 Å². The Kier molecular flexibility index (Phi) is 9.73. The first-order chi connectivity index (χ1) is 18.6. The van der Waals surface area contributed by atoms with Crippen molar-refractivity contribution in [2.24, 2.45) is 0 Å². The minimum absolute atomic E-state index is 0.00728. The molecule has 1 fully saturated rings. The molecule has 2 aliphatic rings. The summed E-state index contributed by atoms with van der Waals surface area (Å²) in [6.45, 7) is -0.555. The molecule has 0 saturated carbocycles. The maximum atomic E-state index is 12.9. The quantitative estimate of drug-likeness (QED) is 0.166. The van der Waals surface area contributed by atoms with Crippen LogP contribution in [0, 0.1) is 0 Å². The van der Waals surface area contributed by atoms with Crippen LogP contribution in [0.1, 0.15) is 6.04 Å². The van der Waals surface area contributed by atoms with E-state index < -0.39 is 41.9 Å². The molecule has 10 nitrogen and oxygen atoms in total. The number of carboxylic acids is 2. The predicted octanol–water partition coefficient (Wildman–Crippen LogP) is 2.52. The number of thioether (sulfide) groups is 3. The molecule has 0 spiro atoms. The van der Waals surface area contributed by atoms with Crippen LogP contribution in [0.3, 0.4) is 0 Å². The maximum absolute atomic E-state index is 12.9. The number of amides is 2. The third-order valence-corrected chi connectivity index (χ3v) is 10.0. The van der Waals surface area contributed by atoms with E-state index in [0.29, 0.717) is 32.0 Å². The Hall–Kier alpha value is -2.42. The first kappa shape index (κ1) is 29.6. The van der Waals surface area contributed by atoms with Gasteiger partial charge in [0.25, 0.3) is 11.9 Å². The fourth-order valence-electron chi connectivity index (χ4n) is 3.94. The summed E-state index contributed by atoms with van der Waals surface area (Å²) in [7, 11) is 0. The lowest BCUT2D eigenvalue weighted by Crippen LogP contribution is -2.70. The molecule has 206 valence electrons. The number of halogens is 2. The van der Waals surface area contributed by atoms with Crippen molar-refractivity contribution in [1.29, 1.82) is 0 Å². The van der Waals surface area contributed by atoms with Crippen LogP contribution in [0.25, 0.3) is 0 Å². The zero-order valence-electron chi connectivity index (χ0n) is 20.0. The van der Waals surface area contributed by atoms with Gasteiger partial charge >= 0.3 is 11.9 Å². The average molecular weight is 632 g/mol. The molecule has 2 aromatic rings. The Morgan fingerprint density at radius 2 is 1.87 bits per heavy atom. The monoisotopic (exact) mass is 630 g/mol. The van der Waals surface area contributed by atoms with E-state index in [2.05, 4.69) is 5.32 Å². The number of aliphatic carboxylic acids is 2. The second-order valence-electron chi connectivity index (χ2n) is 8.38. The van der Waals surface area contributed by atoms with E-state index in [1.807, 2.05) is 0 Å². The molecule has 3 heterocycles. The Balaban J connectivity index is 1.37. The third kappa shape index (κ3) is 6.67. The summed E-state index contributed by atoms with van der Waals surface area (Å²) in [5.74, 6) is -2.59. The standard InChI is InChI=1S/C24H21Cl2N3O7S3/c25-13-1-2-15(26)17(7-13)38-11-18(31)27-19-21(32)29-20(24(35)36)12(10-39-22(19)29)9-37-14-3-5-28(6-4-14)16(8-30)23(33)34/h1-7,16,19,22,30H,8-11H2,(H2-,27,31,33,34,35,36)/p+1/t16-,19+,22+/m0/s1. The summed E-state index contributed by atoms with van der Waals surface area (Å²) in [4.78, 5) is 51.4. The van der Waals surface area contributed by atoms with Crippen LogP contribution in [-0.4, -0.2) is 79.3 Å². The number of rotatable bonds is 11. The van der Waals surface area contributed by atoms with Gasteiger partial charge in [0.2, 0.25) is 5.91 Å².